The van der Waals surface area contributed by atoms with Crippen LogP contribution in [0.2, 0.25) is 0 Å². The third-order valence-corrected chi connectivity index (χ3v) is 8.69. The molecule has 0 saturated heterocycles. The average molecular weight is 598 g/mol. The van der Waals surface area contributed by atoms with Crippen molar-refractivity contribution >= 4 is 17.5 Å². The number of ketones is 2. The van der Waals surface area contributed by atoms with Crippen molar-refractivity contribution in [3.05, 3.63) is 94.4 Å². The van der Waals surface area contributed by atoms with E-state index in [4.69, 9.17) is 9.47 Å². The highest BCUT2D eigenvalue weighted by atomic mass is 16.5. The standard InChI is InChI=1S/C37H43NO6/c1-7-12-24-15-25(16-30(43-8-2)35(24)44-22-23-13-10-9-11-14-23)32-33-26(17-36(3,4)19-28(33)39)38(21-31(41)42)27-18-37(5,6)20-29(40)34(27)32/h7,9-11,13-16,32H,1,8,12,17-22H2,2-6H3,(H,41,42). The van der Waals surface area contributed by atoms with E-state index >= 15 is 0 Å². The van der Waals surface area contributed by atoms with Gasteiger partial charge in [-0.05, 0) is 54.2 Å². The first-order chi connectivity index (χ1) is 20.8. The van der Waals surface area contributed by atoms with E-state index in [2.05, 4.69) is 6.58 Å². The molecule has 3 aliphatic rings. The summed E-state index contributed by atoms with van der Waals surface area (Å²) in [4.78, 5) is 42.1. The van der Waals surface area contributed by atoms with Gasteiger partial charge >= 0.3 is 5.97 Å². The van der Waals surface area contributed by atoms with Gasteiger partial charge in [0.2, 0.25) is 0 Å². The van der Waals surface area contributed by atoms with Crippen molar-refractivity contribution in [1.82, 2.24) is 4.90 Å². The van der Waals surface area contributed by atoms with Crippen molar-refractivity contribution in [1.29, 1.82) is 0 Å². The number of rotatable bonds is 10. The Kier molecular flexibility index (Phi) is 8.61. The van der Waals surface area contributed by atoms with Crippen molar-refractivity contribution in [3.63, 3.8) is 0 Å². The molecule has 0 atom stereocenters. The van der Waals surface area contributed by atoms with Crippen LogP contribution >= 0.6 is 0 Å². The molecule has 1 N–H and O–H groups in total. The summed E-state index contributed by atoms with van der Waals surface area (Å²) in [6.07, 6.45) is 4.02. The minimum Gasteiger partial charge on any atom is -0.490 e. The fourth-order valence-corrected chi connectivity index (χ4v) is 7.02. The number of hydrogen-bond acceptors (Lipinski definition) is 6. The van der Waals surface area contributed by atoms with Gasteiger partial charge in [-0.15, -0.1) is 6.58 Å². The van der Waals surface area contributed by atoms with E-state index in [1.807, 2.05) is 77.1 Å². The fraction of sp³-hybridized carbons (Fsp3) is 0.432. The molecule has 0 bridgehead atoms. The smallest absolute Gasteiger partial charge is 0.323 e. The highest BCUT2D eigenvalue weighted by molar-refractivity contribution is 6.07. The zero-order valence-electron chi connectivity index (χ0n) is 26.5. The van der Waals surface area contributed by atoms with Crippen LogP contribution in [0.25, 0.3) is 0 Å². The Balaban J connectivity index is 1.73. The lowest BCUT2D eigenvalue weighted by molar-refractivity contribution is -0.138. The molecule has 0 aromatic heterocycles. The summed E-state index contributed by atoms with van der Waals surface area (Å²) in [6.45, 7) is 14.5. The number of aliphatic carboxylic acids is 1. The molecule has 0 spiro atoms. The number of benzene rings is 2. The monoisotopic (exact) mass is 597 g/mol. The van der Waals surface area contributed by atoms with E-state index in [1.165, 1.54) is 0 Å². The van der Waals surface area contributed by atoms with Gasteiger partial charge in [0.05, 0.1) is 6.61 Å². The Hall–Kier alpha value is -4.13. The van der Waals surface area contributed by atoms with Gasteiger partial charge in [0.25, 0.3) is 0 Å². The maximum Gasteiger partial charge on any atom is 0.323 e. The van der Waals surface area contributed by atoms with Crippen molar-refractivity contribution in [3.8, 4) is 11.5 Å². The molecule has 2 aromatic rings. The molecule has 2 aromatic carbocycles. The summed E-state index contributed by atoms with van der Waals surface area (Å²) < 4.78 is 12.5. The lowest BCUT2D eigenvalue weighted by Crippen LogP contribution is -2.45. The summed E-state index contributed by atoms with van der Waals surface area (Å²) in [6, 6.07) is 13.8. The van der Waals surface area contributed by atoms with Gasteiger partial charge in [-0.3, -0.25) is 14.4 Å². The molecule has 232 valence electrons. The topological polar surface area (TPSA) is 93.1 Å². The molecule has 0 fully saturated rings. The normalized spacial score (nSPS) is 19.4. The predicted octanol–water partition coefficient (Wildman–Crippen LogP) is 7.16. The molecule has 44 heavy (non-hydrogen) atoms. The molecular weight excluding hydrogens is 554 g/mol. The van der Waals surface area contributed by atoms with Crippen LogP contribution in [0.5, 0.6) is 11.5 Å². The molecule has 7 nitrogen and oxygen atoms in total. The van der Waals surface area contributed by atoms with Crippen molar-refractivity contribution in [2.24, 2.45) is 10.8 Å². The largest absolute Gasteiger partial charge is 0.490 e. The van der Waals surface area contributed by atoms with Gasteiger partial charge in [-0.25, -0.2) is 0 Å². The minimum absolute atomic E-state index is 0.0477. The highest BCUT2D eigenvalue weighted by Gasteiger charge is 2.49. The first kappa shape index (κ1) is 31.3. The third kappa shape index (κ3) is 6.23. The molecule has 1 heterocycles. The van der Waals surface area contributed by atoms with Gasteiger partial charge in [-0.1, -0.05) is 70.2 Å². The van der Waals surface area contributed by atoms with Gasteiger partial charge in [0.15, 0.2) is 23.1 Å². The molecule has 0 unspecified atom stereocenters. The molecule has 5 rings (SSSR count). The number of hydrogen-bond donors (Lipinski definition) is 1. The van der Waals surface area contributed by atoms with Gasteiger partial charge < -0.3 is 19.5 Å². The maximum atomic E-state index is 14.1. The molecule has 0 saturated carbocycles. The fourth-order valence-electron chi connectivity index (χ4n) is 7.02. The number of nitrogens with zero attached hydrogens (tertiary/aromatic N) is 1. The van der Waals surface area contributed by atoms with Crippen LogP contribution in [0.1, 0.15) is 82.9 Å². The summed E-state index contributed by atoms with van der Waals surface area (Å²) in [5, 5.41) is 9.98. The van der Waals surface area contributed by atoms with Crippen LogP contribution in [-0.4, -0.2) is 40.7 Å². The first-order valence-electron chi connectivity index (χ1n) is 15.4. The van der Waals surface area contributed by atoms with Crippen LogP contribution in [0.3, 0.4) is 0 Å². The molecule has 1 aliphatic heterocycles. The molecule has 2 aliphatic carbocycles. The van der Waals surface area contributed by atoms with E-state index in [-0.39, 0.29) is 28.9 Å². The summed E-state index contributed by atoms with van der Waals surface area (Å²) in [5.74, 6) is -0.564. The van der Waals surface area contributed by atoms with Gasteiger partial charge in [0, 0.05) is 46.9 Å². The quantitative estimate of drug-likeness (QED) is 0.291. The zero-order chi connectivity index (χ0) is 31.8. The van der Waals surface area contributed by atoms with Crippen LogP contribution in [0.4, 0.5) is 0 Å². The molecule has 0 radical (unpaired) electrons. The van der Waals surface area contributed by atoms with Crippen molar-refractivity contribution in [2.45, 2.75) is 79.2 Å². The predicted molar refractivity (Wildman–Crippen MR) is 169 cm³/mol. The van der Waals surface area contributed by atoms with E-state index in [1.54, 1.807) is 11.0 Å². The number of carbonyl (C=O) groups excluding carboxylic acids is 2. The Morgan fingerprint density at radius 1 is 0.955 bits per heavy atom. The van der Waals surface area contributed by atoms with Crippen LogP contribution in [0.15, 0.2) is 77.7 Å². The van der Waals surface area contributed by atoms with Crippen molar-refractivity contribution < 1.29 is 29.0 Å². The van der Waals surface area contributed by atoms with E-state index < -0.39 is 11.9 Å². The van der Waals surface area contributed by atoms with E-state index in [9.17, 15) is 19.5 Å². The zero-order valence-corrected chi connectivity index (χ0v) is 26.5. The maximum absolute atomic E-state index is 14.1. The number of carboxylic acids is 1. The number of carboxylic acid groups (broad SMARTS) is 1. The lowest BCUT2D eigenvalue weighted by atomic mass is 9.63. The van der Waals surface area contributed by atoms with Gasteiger partial charge in [0.1, 0.15) is 13.2 Å². The summed E-state index contributed by atoms with van der Waals surface area (Å²) in [5.41, 5.74) is 4.45. The Morgan fingerprint density at radius 3 is 2.07 bits per heavy atom. The second-order valence-electron chi connectivity index (χ2n) is 13.7. The third-order valence-electron chi connectivity index (χ3n) is 8.69. The Bertz CT molecular complexity index is 1510. The number of allylic oxidation sites excluding steroid dienone is 5. The van der Waals surface area contributed by atoms with Crippen molar-refractivity contribution in [2.75, 3.05) is 13.2 Å². The Labute approximate surface area is 260 Å². The van der Waals surface area contributed by atoms with E-state index in [0.717, 1.165) is 28.1 Å². The second-order valence-corrected chi connectivity index (χ2v) is 13.7. The highest BCUT2D eigenvalue weighted by Crippen LogP contribution is 2.55. The van der Waals surface area contributed by atoms with Crippen LogP contribution in [0, 0.1) is 10.8 Å². The van der Waals surface area contributed by atoms with Crippen LogP contribution in [-0.2, 0) is 27.4 Å². The number of Topliss-reactive ketones (excluding diaryl/α,β-unsaturated/α-hetero) is 2. The van der Waals surface area contributed by atoms with E-state index in [0.29, 0.717) is 68.0 Å². The number of carbonyl (C=O) groups is 3. The molecular formula is C37H43NO6. The lowest BCUT2D eigenvalue weighted by Gasteiger charge is -2.48. The molecule has 0 amide bonds. The SMILES string of the molecule is C=CCc1cc(C2C3=C(CC(C)(C)CC3=O)N(CC(=O)O)C3=C2C(=O)CC(C)(C)C3)cc(OCC)c1OCc1ccccc1. The molecule has 7 heteroatoms. The minimum atomic E-state index is -0.999. The van der Waals surface area contributed by atoms with Gasteiger partial charge in [-0.2, -0.15) is 0 Å². The summed E-state index contributed by atoms with van der Waals surface area (Å²) >= 11 is 0. The Morgan fingerprint density at radius 2 is 1.55 bits per heavy atom. The van der Waals surface area contributed by atoms with Crippen LogP contribution < -0.4 is 9.47 Å². The average Bonchev–Trinajstić information content (AvgIpc) is 2.92. The second kappa shape index (κ2) is 12.1. The first-order valence-corrected chi connectivity index (χ1v) is 15.4. The summed E-state index contributed by atoms with van der Waals surface area (Å²) in [7, 11) is 0. The number of ether oxygens (including phenoxy) is 2.